The predicted octanol–water partition coefficient (Wildman–Crippen LogP) is -1.41. The van der Waals surface area contributed by atoms with Crippen LogP contribution in [0.15, 0.2) is 23.0 Å². The Morgan fingerprint density at radius 1 is 0.662 bits per heavy atom. The third-order valence-electron chi connectivity index (χ3n) is 19.1. The zero-order chi connectivity index (χ0) is 53.5. The van der Waals surface area contributed by atoms with Gasteiger partial charge in [0, 0.05) is 13.0 Å². The number of aliphatic hydroxyl groups excluding tert-OH is 12. The molecule has 30 atom stereocenters. The van der Waals surface area contributed by atoms with E-state index in [1.54, 1.807) is 7.11 Å². The Kier molecular flexibility index (Phi) is 17.4. The van der Waals surface area contributed by atoms with Crippen molar-refractivity contribution in [3.8, 4) is 0 Å². The van der Waals surface area contributed by atoms with E-state index >= 15 is 0 Å². The van der Waals surface area contributed by atoms with Gasteiger partial charge in [-0.15, -0.1) is 0 Å². The summed E-state index contributed by atoms with van der Waals surface area (Å²) in [4.78, 5) is 0. The fourth-order valence-electron chi connectivity index (χ4n) is 14.8. The van der Waals surface area contributed by atoms with Crippen LogP contribution in [-0.4, -0.2) is 229 Å². The van der Waals surface area contributed by atoms with Crippen LogP contribution in [0.1, 0.15) is 92.9 Å². The van der Waals surface area contributed by atoms with Gasteiger partial charge in [-0.2, -0.15) is 0 Å². The Labute approximate surface area is 432 Å². The van der Waals surface area contributed by atoms with E-state index in [-0.39, 0.29) is 41.5 Å². The SMILES string of the molecule is COC(C[C@@H](C)CO[C@@H]1O[C@H](CO)[C@@H](O)[C@H](O)[C@H]1O)C1=C(C)[C@H]2[C@H](C[C@H]3[C@@H]4CC=C5C[C@@H](O[C@@H]6O[C@H](CO)[C@@H](O[C@@H]7O[C@@H](C)[C@H](O)[C@@H](O)[C@H]7O)[C@H](O)[C@H]6O[C@@H]6O[C@@H](C)[C@H](O)[C@@H](O)[C@H]6O)CC[C@]5(C)[C@H]4CC[C@@]32C)O1. The maximum atomic E-state index is 12.1. The van der Waals surface area contributed by atoms with E-state index in [2.05, 4.69) is 26.8 Å². The number of aliphatic hydroxyl groups is 12. The minimum Gasteiger partial charge on any atom is -0.491 e. The summed E-state index contributed by atoms with van der Waals surface area (Å²) in [6.07, 6.45) is -20.7. The van der Waals surface area contributed by atoms with Gasteiger partial charge in [-0.05, 0) is 112 Å². The largest absolute Gasteiger partial charge is 0.491 e. The van der Waals surface area contributed by atoms with Crippen LogP contribution in [0.2, 0.25) is 0 Å². The van der Waals surface area contributed by atoms with E-state index in [1.807, 2.05) is 6.92 Å². The quantitative estimate of drug-likeness (QED) is 0.0839. The first-order valence-corrected chi connectivity index (χ1v) is 26.9. The van der Waals surface area contributed by atoms with E-state index in [1.165, 1.54) is 25.0 Å². The highest BCUT2D eigenvalue weighted by atomic mass is 16.8. The van der Waals surface area contributed by atoms with Crippen molar-refractivity contribution in [3.63, 3.8) is 0 Å². The topological polar surface area (TPSA) is 335 Å². The number of rotatable bonds is 15. The Morgan fingerprint density at radius 2 is 1.26 bits per heavy atom. The van der Waals surface area contributed by atoms with Gasteiger partial charge in [0.1, 0.15) is 103 Å². The van der Waals surface area contributed by atoms with Crippen molar-refractivity contribution in [1.82, 2.24) is 0 Å². The lowest BCUT2D eigenvalue weighted by Gasteiger charge is -2.58. The summed E-state index contributed by atoms with van der Waals surface area (Å²) >= 11 is 0. The van der Waals surface area contributed by atoms with Gasteiger partial charge in [0.15, 0.2) is 25.2 Å². The Bertz CT molecular complexity index is 1980. The first kappa shape index (κ1) is 57.1. The Balaban J connectivity index is 0.865. The molecule has 5 heterocycles. The molecule has 5 aliphatic heterocycles. The molecule has 0 bridgehead atoms. The van der Waals surface area contributed by atoms with Gasteiger partial charge in [0.25, 0.3) is 0 Å². The molecule has 74 heavy (non-hydrogen) atoms. The Hall–Kier alpha value is -1.56. The van der Waals surface area contributed by atoms with Crippen LogP contribution in [0.25, 0.3) is 0 Å². The summed E-state index contributed by atoms with van der Waals surface area (Å²) in [6, 6.07) is 0. The van der Waals surface area contributed by atoms with Crippen LogP contribution >= 0.6 is 0 Å². The lowest BCUT2D eigenvalue weighted by molar-refractivity contribution is -0.388. The molecule has 4 saturated heterocycles. The minimum absolute atomic E-state index is 0.00312. The molecule has 0 aromatic carbocycles. The van der Waals surface area contributed by atoms with Crippen molar-refractivity contribution in [3.05, 3.63) is 23.0 Å². The monoisotopic (exact) mass is 1060 g/mol. The third kappa shape index (κ3) is 10.2. The number of allylic oxidation sites excluding steroid dienone is 1. The van der Waals surface area contributed by atoms with Crippen molar-refractivity contribution in [2.75, 3.05) is 26.9 Å². The molecule has 0 aromatic rings. The van der Waals surface area contributed by atoms with E-state index in [0.717, 1.165) is 37.9 Å². The van der Waals surface area contributed by atoms with E-state index < -0.39 is 142 Å². The van der Waals surface area contributed by atoms with E-state index in [4.69, 9.17) is 47.4 Å². The molecule has 0 spiro atoms. The van der Waals surface area contributed by atoms with Gasteiger partial charge in [0.2, 0.25) is 0 Å². The standard InChI is InChI=1S/C52H84O22/c1-20(19-66-47-40(61)39(60)36(57)31(17-53)71-47)14-30(65-7)44-21(2)33-29(70-44)16-28-26-9-8-24-15-25(10-12-51(24,5)27(26)11-13-52(28,33)6)69-50-46(74-49-42(63)38(59)35(56)23(4)68-49)43(64)45(32(18-54)72-50)73-48-41(62)37(58)34(55)22(3)67-48/h8,20,22-23,25-43,45-50,53-64H,9-19H2,1-7H3/t20-,22+,23+,25+,26-,27+,28+,29+,30?,31-,32-,33+,34+,35+,36-,37-,38-,39+,40-,41-,42-,43+,45-,46-,47-,48+,49+,50-,51+,52+/m1/s1. The van der Waals surface area contributed by atoms with Crippen LogP contribution in [-0.2, 0) is 47.4 Å². The third-order valence-corrected chi connectivity index (χ3v) is 19.1. The molecule has 22 nitrogen and oxygen atoms in total. The van der Waals surface area contributed by atoms with Gasteiger partial charge in [-0.1, -0.05) is 32.4 Å². The summed E-state index contributed by atoms with van der Waals surface area (Å²) in [5, 5.41) is 127. The van der Waals surface area contributed by atoms with Crippen molar-refractivity contribution in [2.45, 2.75) is 234 Å². The molecular weight excluding hydrogens is 977 g/mol. The first-order valence-electron chi connectivity index (χ1n) is 26.9. The van der Waals surface area contributed by atoms with Gasteiger partial charge < -0.3 is 109 Å². The fourth-order valence-corrected chi connectivity index (χ4v) is 14.8. The predicted molar refractivity (Wildman–Crippen MR) is 254 cm³/mol. The highest BCUT2D eigenvalue weighted by Gasteiger charge is 2.64. The number of hydrogen-bond acceptors (Lipinski definition) is 22. The normalized spacial score (nSPS) is 52.3. The first-order chi connectivity index (χ1) is 35.1. The van der Waals surface area contributed by atoms with Crippen LogP contribution in [0, 0.1) is 40.4 Å². The fraction of sp³-hybridized carbons (Fsp3) is 0.923. The van der Waals surface area contributed by atoms with Crippen LogP contribution in [0.4, 0.5) is 0 Å². The molecule has 424 valence electrons. The second-order valence-electron chi connectivity index (χ2n) is 23.6. The minimum atomic E-state index is -1.74. The molecule has 4 aliphatic carbocycles. The zero-order valence-electron chi connectivity index (χ0n) is 43.5. The average Bonchev–Trinajstić information content (AvgIpc) is 3.88. The van der Waals surface area contributed by atoms with Crippen molar-refractivity contribution in [2.24, 2.45) is 40.4 Å². The molecule has 3 saturated carbocycles. The summed E-state index contributed by atoms with van der Waals surface area (Å²) in [6.45, 7) is 10.9. The van der Waals surface area contributed by atoms with Crippen LogP contribution in [0.3, 0.4) is 0 Å². The molecule has 0 amide bonds. The highest BCUT2D eigenvalue weighted by molar-refractivity contribution is 5.31. The summed E-state index contributed by atoms with van der Waals surface area (Å²) < 4.78 is 61.1. The van der Waals surface area contributed by atoms with Crippen molar-refractivity contribution < 1.29 is 109 Å². The molecule has 0 aromatic heterocycles. The average molecular weight is 1060 g/mol. The molecule has 1 unspecified atom stereocenters. The van der Waals surface area contributed by atoms with E-state index in [0.29, 0.717) is 37.0 Å². The van der Waals surface area contributed by atoms with Crippen molar-refractivity contribution >= 4 is 0 Å². The second kappa shape index (κ2) is 22.5. The summed E-state index contributed by atoms with van der Waals surface area (Å²) in [5.74, 6) is 2.26. The van der Waals surface area contributed by atoms with Crippen molar-refractivity contribution in [1.29, 1.82) is 0 Å². The molecule has 12 N–H and O–H groups in total. The van der Waals surface area contributed by atoms with Gasteiger partial charge >= 0.3 is 0 Å². The second-order valence-corrected chi connectivity index (χ2v) is 23.6. The number of hydrogen-bond donors (Lipinski definition) is 12. The zero-order valence-corrected chi connectivity index (χ0v) is 43.5. The van der Waals surface area contributed by atoms with E-state index in [9.17, 15) is 61.3 Å². The smallest absolute Gasteiger partial charge is 0.187 e. The summed E-state index contributed by atoms with van der Waals surface area (Å²) in [5.41, 5.74) is 2.37. The lowest BCUT2D eigenvalue weighted by Crippen LogP contribution is -2.66. The van der Waals surface area contributed by atoms with Crippen LogP contribution in [0.5, 0.6) is 0 Å². The molecule has 22 heteroatoms. The molecule has 9 rings (SSSR count). The molecule has 7 fully saturated rings. The lowest BCUT2D eigenvalue weighted by atomic mass is 9.47. The number of ether oxygens (including phenoxy) is 10. The molecule has 0 radical (unpaired) electrons. The van der Waals surface area contributed by atoms with Crippen LogP contribution < -0.4 is 0 Å². The van der Waals surface area contributed by atoms with Gasteiger partial charge in [-0.25, -0.2) is 0 Å². The Morgan fingerprint density at radius 3 is 1.88 bits per heavy atom. The highest BCUT2D eigenvalue weighted by Crippen LogP contribution is 2.69. The molecular formula is C52H84O22. The number of methoxy groups -OCH3 is 1. The maximum absolute atomic E-state index is 12.1. The number of fused-ring (bicyclic) bond motifs is 7. The summed E-state index contributed by atoms with van der Waals surface area (Å²) in [7, 11) is 1.67. The van der Waals surface area contributed by atoms with Gasteiger partial charge in [-0.3, -0.25) is 0 Å². The van der Waals surface area contributed by atoms with Gasteiger partial charge in [0.05, 0.1) is 38.1 Å². The maximum Gasteiger partial charge on any atom is 0.187 e. The molecule has 9 aliphatic rings.